The molecule has 1 fully saturated rings. The number of pyridine rings is 1. The molecule has 6 heteroatoms. The first kappa shape index (κ1) is 17.8. The van der Waals surface area contributed by atoms with E-state index in [-0.39, 0.29) is 16.9 Å². The highest BCUT2D eigenvalue weighted by Gasteiger charge is 2.20. The van der Waals surface area contributed by atoms with Crippen LogP contribution in [0.3, 0.4) is 0 Å². The van der Waals surface area contributed by atoms with Gasteiger partial charge >= 0.3 is 0 Å². The van der Waals surface area contributed by atoms with Crippen LogP contribution in [0, 0.1) is 13.8 Å². The average molecular weight is 365 g/mol. The Morgan fingerprint density at radius 3 is 2.59 bits per heavy atom. The zero-order valence-corrected chi connectivity index (χ0v) is 15.9. The van der Waals surface area contributed by atoms with E-state index in [2.05, 4.69) is 21.8 Å². The Bertz CT molecular complexity index is 1100. The van der Waals surface area contributed by atoms with Crippen molar-refractivity contribution in [3.63, 3.8) is 0 Å². The van der Waals surface area contributed by atoms with E-state index < -0.39 is 0 Å². The average Bonchev–Trinajstić information content (AvgIpc) is 2.64. The Hall–Kier alpha value is -2.57. The van der Waals surface area contributed by atoms with E-state index in [1.54, 1.807) is 19.1 Å². The fourth-order valence-corrected chi connectivity index (χ4v) is 3.56. The second-order valence-corrected chi connectivity index (χ2v) is 7.41. The second-order valence-electron chi connectivity index (χ2n) is 7.41. The highest BCUT2D eigenvalue weighted by atomic mass is 16.3. The van der Waals surface area contributed by atoms with Crippen molar-refractivity contribution in [1.82, 2.24) is 14.8 Å². The van der Waals surface area contributed by atoms with Crippen LogP contribution in [0.25, 0.3) is 22.1 Å². The van der Waals surface area contributed by atoms with Gasteiger partial charge in [-0.1, -0.05) is 11.6 Å². The number of fused-ring (bicyclic) bond motifs is 2. The molecule has 3 heterocycles. The number of benzene rings is 1. The molecule has 1 aliphatic rings. The molecule has 0 bridgehead atoms. The molecule has 27 heavy (non-hydrogen) atoms. The first-order chi connectivity index (χ1) is 12.9. The topological polar surface area (TPSA) is 66.7 Å². The number of nitrogens with zero attached hydrogens (tertiary/aromatic N) is 3. The third kappa shape index (κ3) is 3.38. The molecule has 1 saturated heterocycles. The lowest BCUT2D eigenvalue weighted by Crippen LogP contribution is -2.46. The van der Waals surface area contributed by atoms with Gasteiger partial charge in [0.25, 0.3) is 0 Å². The number of carbonyl (C=O) groups excluding carboxylic acids is 1. The van der Waals surface area contributed by atoms with E-state index in [1.165, 1.54) is 0 Å². The Morgan fingerprint density at radius 2 is 1.85 bits per heavy atom. The number of likely N-dealkylation sites (N-methyl/N-ethyl adjacent to an activating group) is 1. The third-order valence-electron chi connectivity index (χ3n) is 5.27. The lowest BCUT2D eigenvalue weighted by Gasteiger charge is -2.31. The molecule has 2 aromatic heterocycles. The molecule has 0 saturated carbocycles. The van der Waals surface area contributed by atoms with E-state index in [9.17, 15) is 9.59 Å². The summed E-state index contributed by atoms with van der Waals surface area (Å²) in [6.07, 6.45) is 0. The van der Waals surface area contributed by atoms with Crippen molar-refractivity contribution in [1.29, 1.82) is 0 Å². The molecule has 3 aromatic rings. The number of rotatable bonds is 3. The summed E-state index contributed by atoms with van der Waals surface area (Å²) in [5.74, 6) is -0.00445. The van der Waals surface area contributed by atoms with Crippen LogP contribution in [0.4, 0.5) is 0 Å². The standard InChI is InChI=1S/C21H23N3O3/c1-13-4-5-19-16(10-13)20(26)17-11-15(14(2)22-21(17)27-19)18(25)12-24-8-6-23(3)7-9-24/h4-5,10-11H,6-9,12H2,1-3H3. The summed E-state index contributed by atoms with van der Waals surface area (Å²) < 4.78 is 5.82. The first-order valence-corrected chi connectivity index (χ1v) is 9.21. The number of piperazine rings is 1. The zero-order valence-electron chi connectivity index (χ0n) is 15.9. The molecule has 0 unspecified atom stereocenters. The van der Waals surface area contributed by atoms with Crippen molar-refractivity contribution >= 4 is 27.9 Å². The fraction of sp³-hybridized carbons (Fsp3) is 0.381. The number of carbonyl (C=O) groups is 1. The fourth-order valence-electron chi connectivity index (χ4n) is 3.56. The van der Waals surface area contributed by atoms with E-state index >= 15 is 0 Å². The van der Waals surface area contributed by atoms with Crippen molar-refractivity contribution < 1.29 is 9.21 Å². The van der Waals surface area contributed by atoms with Gasteiger partial charge in [-0.2, -0.15) is 0 Å². The maximum absolute atomic E-state index is 12.9. The SMILES string of the molecule is Cc1ccc2oc3nc(C)c(C(=O)CN4CCN(C)CC4)cc3c(=O)c2c1. The molecule has 1 aliphatic heterocycles. The summed E-state index contributed by atoms with van der Waals surface area (Å²) in [6.45, 7) is 7.72. The molecule has 0 radical (unpaired) electrons. The molecule has 0 spiro atoms. The van der Waals surface area contributed by atoms with Gasteiger partial charge in [0.1, 0.15) is 5.58 Å². The minimum absolute atomic E-state index is 0.00445. The Balaban J connectivity index is 1.74. The quantitative estimate of drug-likeness (QED) is 0.524. The number of Topliss-reactive ketones (excluding diaryl/α,β-unsaturated/α-hetero) is 1. The molecule has 140 valence electrons. The number of hydrogen-bond donors (Lipinski definition) is 0. The highest BCUT2D eigenvalue weighted by Crippen LogP contribution is 2.21. The maximum Gasteiger partial charge on any atom is 0.230 e. The van der Waals surface area contributed by atoms with Crippen LogP contribution >= 0.6 is 0 Å². The van der Waals surface area contributed by atoms with Gasteiger partial charge in [-0.15, -0.1) is 0 Å². The van der Waals surface area contributed by atoms with Crippen LogP contribution in [-0.4, -0.2) is 60.3 Å². The van der Waals surface area contributed by atoms with Gasteiger partial charge in [-0.05, 0) is 39.1 Å². The van der Waals surface area contributed by atoms with Crippen LogP contribution < -0.4 is 5.43 Å². The van der Waals surface area contributed by atoms with Gasteiger partial charge in [0, 0.05) is 31.7 Å². The predicted molar refractivity (Wildman–Crippen MR) is 106 cm³/mol. The lowest BCUT2D eigenvalue weighted by atomic mass is 10.1. The molecule has 0 amide bonds. The summed E-state index contributed by atoms with van der Waals surface area (Å²) in [6, 6.07) is 7.16. The lowest BCUT2D eigenvalue weighted by molar-refractivity contribution is 0.0875. The van der Waals surface area contributed by atoms with Crippen molar-refractivity contribution in [3.05, 3.63) is 51.3 Å². The number of hydrogen-bond acceptors (Lipinski definition) is 6. The van der Waals surface area contributed by atoms with E-state index in [4.69, 9.17) is 4.42 Å². The number of aryl methyl sites for hydroxylation is 2. The van der Waals surface area contributed by atoms with Crippen molar-refractivity contribution in [2.75, 3.05) is 39.8 Å². The van der Waals surface area contributed by atoms with Crippen LogP contribution in [0.15, 0.2) is 33.5 Å². The summed E-state index contributed by atoms with van der Waals surface area (Å²) in [4.78, 5) is 34.6. The van der Waals surface area contributed by atoms with Crippen molar-refractivity contribution in [2.24, 2.45) is 0 Å². The van der Waals surface area contributed by atoms with E-state index in [1.807, 2.05) is 19.1 Å². The first-order valence-electron chi connectivity index (χ1n) is 9.21. The van der Waals surface area contributed by atoms with Crippen LogP contribution in [-0.2, 0) is 0 Å². The third-order valence-corrected chi connectivity index (χ3v) is 5.27. The monoisotopic (exact) mass is 365 g/mol. The summed E-state index contributed by atoms with van der Waals surface area (Å²) in [5.41, 5.74) is 2.74. The minimum Gasteiger partial charge on any atom is -0.437 e. The van der Waals surface area contributed by atoms with Gasteiger partial charge < -0.3 is 9.32 Å². The zero-order chi connectivity index (χ0) is 19.1. The van der Waals surface area contributed by atoms with Crippen LogP contribution in [0.5, 0.6) is 0 Å². The summed E-state index contributed by atoms with van der Waals surface area (Å²) in [5, 5.41) is 0.881. The molecule has 4 rings (SSSR count). The number of aromatic nitrogens is 1. The smallest absolute Gasteiger partial charge is 0.230 e. The largest absolute Gasteiger partial charge is 0.437 e. The van der Waals surface area contributed by atoms with E-state index in [0.717, 1.165) is 31.7 Å². The summed E-state index contributed by atoms with van der Waals surface area (Å²) >= 11 is 0. The predicted octanol–water partition coefficient (Wildman–Crippen LogP) is 2.39. The van der Waals surface area contributed by atoms with Gasteiger partial charge in [0.05, 0.1) is 23.0 Å². The molecule has 1 aromatic carbocycles. The van der Waals surface area contributed by atoms with Gasteiger partial charge in [0.2, 0.25) is 11.1 Å². The molecule has 0 aliphatic carbocycles. The Morgan fingerprint density at radius 1 is 1.11 bits per heavy atom. The Labute approximate surface area is 157 Å². The van der Waals surface area contributed by atoms with Crippen LogP contribution in [0.1, 0.15) is 21.6 Å². The highest BCUT2D eigenvalue weighted by molar-refractivity contribution is 6.01. The van der Waals surface area contributed by atoms with Crippen molar-refractivity contribution in [3.8, 4) is 0 Å². The maximum atomic E-state index is 12.9. The van der Waals surface area contributed by atoms with Gasteiger partial charge in [-0.25, -0.2) is 4.98 Å². The van der Waals surface area contributed by atoms with Gasteiger partial charge in [0.15, 0.2) is 5.78 Å². The molecule has 0 N–H and O–H groups in total. The molecular formula is C21H23N3O3. The number of ketones is 1. The van der Waals surface area contributed by atoms with Gasteiger partial charge in [-0.3, -0.25) is 14.5 Å². The van der Waals surface area contributed by atoms with E-state index in [0.29, 0.717) is 34.2 Å². The molecule has 0 atom stereocenters. The van der Waals surface area contributed by atoms with Crippen LogP contribution in [0.2, 0.25) is 0 Å². The normalized spacial score (nSPS) is 16.3. The summed E-state index contributed by atoms with van der Waals surface area (Å²) in [7, 11) is 2.09. The second kappa shape index (κ2) is 6.87. The Kier molecular flexibility index (Phi) is 4.53. The molecular weight excluding hydrogens is 342 g/mol. The van der Waals surface area contributed by atoms with Crippen molar-refractivity contribution in [2.45, 2.75) is 13.8 Å². The molecule has 6 nitrogen and oxygen atoms in total. The minimum atomic E-state index is -0.143.